The third-order valence-electron chi connectivity index (χ3n) is 4.59. The molecule has 0 bridgehead atoms. The number of carbonyl (C=O) groups excluding carboxylic acids is 3. The van der Waals surface area contributed by atoms with Crippen LogP contribution < -0.4 is 9.47 Å². The fourth-order valence-corrected chi connectivity index (χ4v) is 3.24. The van der Waals surface area contributed by atoms with Gasteiger partial charge in [-0.1, -0.05) is 6.07 Å². The van der Waals surface area contributed by atoms with E-state index in [-0.39, 0.29) is 26.6 Å². The van der Waals surface area contributed by atoms with Crippen LogP contribution in [0.3, 0.4) is 0 Å². The number of hydrogen-bond donors (Lipinski definition) is 0. The van der Waals surface area contributed by atoms with E-state index in [0.717, 1.165) is 0 Å². The van der Waals surface area contributed by atoms with E-state index in [1.165, 1.54) is 25.1 Å². The number of ether oxygens (including phenoxy) is 5. The molecule has 2 atom stereocenters. The molecule has 0 saturated carbocycles. The third-order valence-corrected chi connectivity index (χ3v) is 4.59. The molecule has 0 amide bonds. The fourth-order valence-electron chi connectivity index (χ4n) is 3.24. The van der Waals surface area contributed by atoms with Gasteiger partial charge in [-0.2, -0.15) is 0 Å². The van der Waals surface area contributed by atoms with Gasteiger partial charge in [-0.25, -0.2) is 4.79 Å². The molecule has 0 saturated heterocycles. The van der Waals surface area contributed by atoms with Gasteiger partial charge in [0.1, 0.15) is 0 Å². The Morgan fingerprint density at radius 3 is 2.06 bits per heavy atom. The molecule has 11 heteroatoms. The third kappa shape index (κ3) is 5.83. The Kier molecular flexibility index (Phi) is 8.59. The summed E-state index contributed by atoms with van der Waals surface area (Å²) in [4.78, 5) is 48.4. The summed E-state index contributed by atoms with van der Waals surface area (Å²) in [5.41, 5.74) is 0.303. The predicted molar refractivity (Wildman–Crippen MR) is 104 cm³/mol. The van der Waals surface area contributed by atoms with Gasteiger partial charge in [0.05, 0.1) is 25.7 Å². The summed E-state index contributed by atoms with van der Waals surface area (Å²) in [5.74, 6) is -4.77. The second-order valence-corrected chi connectivity index (χ2v) is 6.49. The zero-order valence-electron chi connectivity index (χ0n) is 17.5. The average molecular weight is 439 g/mol. The topological polar surface area (TPSA) is 140 Å². The second kappa shape index (κ2) is 11.1. The van der Waals surface area contributed by atoms with Crippen molar-refractivity contribution in [1.29, 1.82) is 0 Å². The van der Waals surface area contributed by atoms with Crippen molar-refractivity contribution in [2.24, 2.45) is 5.92 Å². The summed E-state index contributed by atoms with van der Waals surface area (Å²) in [7, 11) is 0. The van der Waals surface area contributed by atoms with Crippen molar-refractivity contribution in [3.8, 4) is 11.5 Å². The largest absolute Gasteiger partial charge is 0.465 e. The molecule has 1 aliphatic rings. The van der Waals surface area contributed by atoms with Gasteiger partial charge >= 0.3 is 23.9 Å². The lowest BCUT2D eigenvalue weighted by molar-refractivity contribution is -0.515. The monoisotopic (exact) mass is 439 g/mol. The van der Waals surface area contributed by atoms with Crippen LogP contribution >= 0.6 is 0 Å². The Labute approximate surface area is 178 Å². The van der Waals surface area contributed by atoms with E-state index < -0.39 is 47.1 Å². The van der Waals surface area contributed by atoms with Gasteiger partial charge in [-0.3, -0.25) is 19.7 Å². The average Bonchev–Trinajstić information content (AvgIpc) is 3.18. The summed E-state index contributed by atoms with van der Waals surface area (Å²) >= 11 is 0. The van der Waals surface area contributed by atoms with E-state index in [1.54, 1.807) is 13.8 Å². The van der Waals surface area contributed by atoms with Crippen LogP contribution in [0, 0.1) is 16.0 Å². The van der Waals surface area contributed by atoms with Crippen LogP contribution in [0.15, 0.2) is 18.2 Å². The lowest BCUT2D eigenvalue weighted by Gasteiger charge is -2.23. The molecule has 0 spiro atoms. The molecular formula is C20H25NO10. The highest BCUT2D eigenvalue weighted by Crippen LogP contribution is 2.38. The van der Waals surface area contributed by atoms with Gasteiger partial charge in [0.2, 0.25) is 6.79 Å². The van der Waals surface area contributed by atoms with Crippen molar-refractivity contribution in [1.82, 2.24) is 0 Å². The molecule has 2 rings (SSSR count). The number of nitrogens with zero attached hydrogens (tertiary/aromatic N) is 1. The summed E-state index contributed by atoms with van der Waals surface area (Å²) in [5, 5.41) is 11.9. The number of nitro groups is 1. The lowest BCUT2D eigenvalue weighted by atomic mass is 9.83. The number of benzene rings is 1. The van der Waals surface area contributed by atoms with Crippen molar-refractivity contribution in [2.45, 2.75) is 39.2 Å². The molecule has 0 radical (unpaired) electrons. The van der Waals surface area contributed by atoms with E-state index in [4.69, 9.17) is 23.7 Å². The standard InChI is InChI=1S/C20H25NO10/c1-4-27-18(22)14(19(23)28-5-2)10-13(17(21(25)26)20(24)29-6-3)12-7-8-15-16(9-12)31-11-30-15/h7-9,13-14,17H,4-6,10-11H2,1-3H3. The molecule has 2 unspecified atom stereocenters. The Bertz CT molecular complexity index is 806. The molecule has 1 aromatic carbocycles. The van der Waals surface area contributed by atoms with Crippen LogP contribution in [-0.2, 0) is 28.6 Å². The van der Waals surface area contributed by atoms with Crippen LogP contribution in [0.1, 0.15) is 38.7 Å². The predicted octanol–water partition coefficient (Wildman–Crippen LogP) is 1.84. The fraction of sp³-hybridized carbons (Fsp3) is 0.550. The summed E-state index contributed by atoms with van der Waals surface area (Å²) < 4.78 is 25.4. The Balaban J connectivity index is 2.50. The SMILES string of the molecule is CCOC(=O)C(CC(c1ccc2c(c1)OCO2)C(C(=O)OCC)[N+](=O)[O-])C(=O)OCC. The minimum atomic E-state index is -1.87. The highest BCUT2D eigenvalue weighted by molar-refractivity contribution is 5.95. The number of hydrogen-bond acceptors (Lipinski definition) is 10. The van der Waals surface area contributed by atoms with Crippen LogP contribution in [0.4, 0.5) is 0 Å². The molecule has 0 aliphatic carbocycles. The highest BCUT2D eigenvalue weighted by atomic mass is 16.7. The van der Waals surface area contributed by atoms with Gasteiger partial charge in [0, 0.05) is 4.92 Å². The first-order valence-corrected chi connectivity index (χ1v) is 9.86. The Morgan fingerprint density at radius 1 is 0.968 bits per heavy atom. The van der Waals surface area contributed by atoms with Gasteiger partial charge in [0.15, 0.2) is 17.4 Å². The van der Waals surface area contributed by atoms with Crippen molar-refractivity contribution in [3.05, 3.63) is 33.9 Å². The van der Waals surface area contributed by atoms with Gasteiger partial charge < -0.3 is 23.7 Å². The molecule has 11 nitrogen and oxygen atoms in total. The van der Waals surface area contributed by atoms with Crippen LogP contribution in [0.25, 0.3) is 0 Å². The molecule has 0 aromatic heterocycles. The molecular weight excluding hydrogens is 414 g/mol. The highest BCUT2D eigenvalue weighted by Gasteiger charge is 2.45. The number of fused-ring (bicyclic) bond motifs is 1. The quantitative estimate of drug-likeness (QED) is 0.165. The molecule has 1 aliphatic heterocycles. The van der Waals surface area contributed by atoms with Gasteiger partial charge in [-0.05, 0) is 44.9 Å². The van der Waals surface area contributed by atoms with Crippen molar-refractivity contribution >= 4 is 17.9 Å². The zero-order valence-corrected chi connectivity index (χ0v) is 17.5. The van der Waals surface area contributed by atoms with E-state index in [0.29, 0.717) is 17.1 Å². The van der Waals surface area contributed by atoms with Crippen LogP contribution in [0.5, 0.6) is 11.5 Å². The smallest absolute Gasteiger partial charge is 0.382 e. The van der Waals surface area contributed by atoms with E-state index in [9.17, 15) is 24.5 Å². The molecule has 31 heavy (non-hydrogen) atoms. The summed E-state index contributed by atoms with van der Waals surface area (Å²) in [6.45, 7) is 4.55. The second-order valence-electron chi connectivity index (χ2n) is 6.49. The Morgan fingerprint density at radius 2 is 1.52 bits per heavy atom. The first-order chi connectivity index (χ1) is 14.8. The first-order valence-electron chi connectivity index (χ1n) is 9.86. The normalized spacial score (nSPS) is 13.9. The molecule has 1 aromatic rings. The van der Waals surface area contributed by atoms with Gasteiger partial charge in [0.25, 0.3) is 0 Å². The maximum atomic E-state index is 12.5. The van der Waals surface area contributed by atoms with Crippen molar-refractivity contribution in [2.75, 3.05) is 26.6 Å². The summed E-state index contributed by atoms with van der Waals surface area (Å²) in [6, 6.07) is 2.67. The Hall–Kier alpha value is -3.37. The molecule has 0 N–H and O–H groups in total. The molecule has 0 fully saturated rings. The number of rotatable bonds is 11. The maximum absolute atomic E-state index is 12.5. The van der Waals surface area contributed by atoms with Gasteiger partial charge in [-0.15, -0.1) is 0 Å². The minimum Gasteiger partial charge on any atom is -0.465 e. The lowest BCUT2D eigenvalue weighted by Crippen LogP contribution is -2.40. The molecule has 1 heterocycles. The minimum absolute atomic E-state index is 0.0000297. The zero-order chi connectivity index (χ0) is 23.0. The molecule has 170 valence electrons. The van der Waals surface area contributed by atoms with Crippen LogP contribution in [0.2, 0.25) is 0 Å². The van der Waals surface area contributed by atoms with Crippen molar-refractivity contribution in [3.63, 3.8) is 0 Å². The van der Waals surface area contributed by atoms with E-state index in [1.807, 2.05) is 0 Å². The van der Waals surface area contributed by atoms with E-state index >= 15 is 0 Å². The van der Waals surface area contributed by atoms with Crippen molar-refractivity contribution < 1.29 is 43.0 Å². The number of carbonyl (C=O) groups is 3. The van der Waals surface area contributed by atoms with Crippen LogP contribution in [-0.4, -0.2) is 55.5 Å². The first kappa shape index (κ1) is 23.9. The maximum Gasteiger partial charge on any atom is 0.382 e. The number of esters is 3. The van der Waals surface area contributed by atoms with E-state index in [2.05, 4.69) is 0 Å². The summed E-state index contributed by atoms with van der Waals surface area (Å²) in [6.07, 6.45) is -0.401.